The highest BCUT2D eigenvalue weighted by Gasteiger charge is 2.02. The molecule has 0 spiro atoms. The highest BCUT2D eigenvalue weighted by Crippen LogP contribution is 2.21. The Bertz CT molecular complexity index is 652. The van der Waals surface area contributed by atoms with E-state index in [-0.39, 0.29) is 5.78 Å². The van der Waals surface area contributed by atoms with E-state index in [1.54, 1.807) is 6.92 Å². The van der Waals surface area contributed by atoms with Crippen LogP contribution in [0.3, 0.4) is 0 Å². The third-order valence-electron chi connectivity index (χ3n) is 5.40. The molecule has 0 radical (unpaired) electrons. The summed E-state index contributed by atoms with van der Waals surface area (Å²) in [5.41, 5.74) is 4.59. The Hall–Kier alpha value is -1.89. The van der Waals surface area contributed by atoms with E-state index in [0.717, 1.165) is 5.56 Å². The number of Topliss-reactive ketones (excluding diaryl/α,β-unsaturated/α-hetero) is 1. The average molecular weight is 365 g/mol. The molecular weight excluding hydrogens is 328 g/mol. The number of carbonyl (C=O) groups is 1. The summed E-state index contributed by atoms with van der Waals surface area (Å²) < 4.78 is 0. The molecule has 0 aliphatic carbocycles. The lowest BCUT2D eigenvalue weighted by Gasteiger charge is -2.06. The molecule has 2 rings (SSSR count). The Morgan fingerprint density at radius 2 is 1.07 bits per heavy atom. The molecule has 1 nitrogen and oxygen atoms in total. The minimum atomic E-state index is 0.119. The van der Waals surface area contributed by atoms with Crippen LogP contribution in [-0.4, -0.2) is 5.78 Å². The fraction of sp³-hybridized carbons (Fsp3) is 0.500. The summed E-state index contributed by atoms with van der Waals surface area (Å²) in [6.45, 7) is 3.89. The molecule has 0 atom stereocenters. The summed E-state index contributed by atoms with van der Waals surface area (Å²) in [5.74, 6) is 0.119. The van der Waals surface area contributed by atoms with Crippen LogP contribution in [-0.2, 0) is 6.42 Å². The summed E-state index contributed by atoms with van der Waals surface area (Å²) in [6, 6.07) is 16.8. The van der Waals surface area contributed by atoms with Gasteiger partial charge in [0, 0.05) is 5.56 Å². The fourth-order valence-corrected chi connectivity index (χ4v) is 3.58. The zero-order valence-electron chi connectivity index (χ0n) is 17.3. The van der Waals surface area contributed by atoms with Gasteiger partial charge in [-0.2, -0.15) is 0 Å². The van der Waals surface area contributed by atoms with E-state index in [4.69, 9.17) is 0 Å². The van der Waals surface area contributed by atoms with Gasteiger partial charge in [-0.05, 0) is 36.5 Å². The van der Waals surface area contributed by atoms with Crippen LogP contribution in [0.4, 0.5) is 0 Å². The molecule has 0 amide bonds. The maximum Gasteiger partial charge on any atom is 0.159 e. The second-order valence-corrected chi connectivity index (χ2v) is 7.76. The highest BCUT2D eigenvalue weighted by molar-refractivity contribution is 5.94. The summed E-state index contributed by atoms with van der Waals surface area (Å²) in [6.07, 6.45) is 15.1. The van der Waals surface area contributed by atoms with Crippen molar-refractivity contribution in [1.29, 1.82) is 0 Å². The normalized spacial score (nSPS) is 10.9. The molecular formula is C26H36O. The van der Waals surface area contributed by atoms with Crippen molar-refractivity contribution in [3.05, 3.63) is 59.7 Å². The van der Waals surface area contributed by atoms with Gasteiger partial charge in [-0.25, -0.2) is 0 Å². The summed E-state index contributed by atoms with van der Waals surface area (Å²) in [5, 5.41) is 0. The molecule has 0 saturated heterocycles. The van der Waals surface area contributed by atoms with Crippen LogP contribution in [0.1, 0.15) is 94.0 Å². The number of aryl methyl sites for hydroxylation is 1. The van der Waals surface area contributed by atoms with Gasteiger partial charge in [0.25, 0.3) is 0 Å². The van der Waals surface area contributed by atoms with Crippen LogP contribution in [0.25, 0.3) is 11.1 Å². The number of ketones is 1. The van der Waals surface area contributed by atoms with Gasteiger partial charge in [0.1, 0.15) is 0 Å². The molecule has 0 saturated carbocycles. The molecule has 27 heavy (non-hydrogen) atoms. The van der Waals surface area contributed by atoms with E-state index in [1.165, 1.54) is 87.3 Å². The van der Waals surface area contributed by atoms with E-state index in [2.05, 4.69) is 31.2 Å². The van der Waals surface area contributed by atoms with Crippen molar-refractivity contribution in [2.75, 3.05) is 0 Å². The van der Waals surface area contributed by atoms with Gasteiger partial charge in [0.15, 0.2) is 5.78 Å². The van der Waals surface area contributed by atoms with E-state index in [9.17, 15) is 4.79 Å². The lowest BCUT2D eigenvalue weighted by atomic mass is 9.99. The smallest absolute Gasteiger partial charge is 0.159 e. The molecule has 2 aromatic carbocycles. The van der Waals surface area contributed by atoms with Gasteiger partial charge in [-0.3, -0.25) is 4.79 Å². The SMILES string of the molecule is CCCCCCCCCCCCc1ccc(-c2ccc(C(C)=O)cc2)cc1. The van der Waals surface area contributed by atoms with Crippen LogP contribution in [0.15, 0.2) is 48.5 Å². The van der Waals surface area contributed by atoms with E-state index in [0.29, 0.717) is 0 Å². The first-order chi connectivity index (χ1) is 13.2. The minimum Gasteiger partial charge on any atom is -0.295 e. The first kappa shape index (κ1) is 21.4. The van der Waals surface area contributed by atoms with Gasteiger partial charge in [0.2, 0.25) is 0 Å². The van der Waals surface area contributed by atoms with Crippen molar-refractivity contribution in [1.82, 2.24) is 0 Å². The Morgan fingerprint density at radius 3 is 1.56 bits per heavy atom. The molecule has 0 unspecified atom stereocenters. The Labute approximate surface area is 166 Å². The Kier molecular flexibility index (Phi) is 9.90. The van der Waals surface area contributed by atoms with Crippen LogP contribution in [0.2, 0.25) is 0 Å². The van der Waals surface area contributed by atoms with Crippen LogP contribution in [0.5, 0.6) is 0 Å². The second kappa shape index (κ2) is 12.5. The van der Waals surface area contributed by atoms with E-state index < -0.39 is 0 Å². The molecule has 0 N–H and O–H groups in total. The lowest BCUT2D eigenvalue weighted by Crippen LogP contribution is -1.91. The largest absolute Gasteiger partial charge is 0.295 e. The third-order valence-corrected chi connectivity index (χ3v) is 5.40. The molecule has 1 heteroatoms. The predicted molar refractivity (Wildman–Crippen MR) is 117 cm³/mol. The predicted octanol–water partition coefficient (Wildman–Crippen LogP) is 8.02. The quantitative estimate of drug-likeness (QED) is 0.260. The average Bonchev–Trinajstić information content (AvgIpc) is 2.70. The number of carbonyl (C=O) groups excluding carboxylic acids is 1. The molecule has 0 aliphatic heterocycles. The standard InChI is InChI=1S/C26H36O/c1-3-4-5-6-7-8-9-10-11-12-13-23-14-16-25(17-15-23)26-20-18-24(19-21-26)22(2)27/h14-21H,3-13H2,1-2H3. The number of rotatable bonds is 13. The number of benzene rings is 2. The molecule has 0 fully saturated rings. The van der Waals surface area contributed by atoms with E-state index in [1.807, 2.05) is 24.3 Å². The van der Waals surface area contributed by atoms with Crippen LogP contribution >= 0.6 is 0 Å². The van der Waals surface area contributed by atoms with Gasteiger partial charge in [-0.1, -0.05) is 113 Å². The summed E-state index contributed by atoms with van der Waals surface area (Å²) >= 11 is 0. The van der Waals surface area contributed by atoms with Crippen molar-refractivity contribution in [2.24, 2.45) is 0 Å². The van der Waals surface area contributed by atoms with Crippen molar-refractivity contribution >= 4 is 5.78 Å². The zero-order valence-corrected chi connectivity index (χ0v) is 17.3. The molecule has 2 aromatic rings. The lowest BCUT2D eigenvalue weighted by molar-refractivity contribution is 0.101. The van der Waals surface area contributed by atoms with Crippen molar-refractivity contribution in [3.8, 4) is 11.1 Å². The van der Waals surface area contributed by atoms with E-state index >= 15 is 0 Å². The first-order valence-electron chi connectivity index (χ1n) is 10.9. The van der Waals surface area contributed by atoms with Crippen molar-refractivity contribution in [3.63, 3.8) is 0 Å². The maximum atomic E-state index is 11.4. The van der Waals surface area contributed by atoms with Crippen molar-refractivity contribution in [2.45, 2.75) is 84.5 Å². The minimum absolute atomic E-state index is 0.119. The van der Waals surface area contributed by atoms with Gasteiger partial charge >= 0.3 is 0 Å². The van der Waals surface area contributed by atoms with Crippen LogP contribution < -0.4 is 0 Å². The molecule has 146 valence electrons. The van der Waals surface area contributed by atoms with Crippen molar-refractivity contribution < 1.29 is 4.79 Å². The number of unbranched alkanes of at least 4 members (excludes halogenated alkanes) is 9. The number of hydrogen-bond acceptors (Lipinski definition) is 1. The zero-order chi connectivity index (χ0) is 19.3. The highest BCUT2D eigenvalue weighted by atomic mass is 16.1. The third kappa shape index (κ3) is 8.12. The monoisotopic (exact) mass is 364 g/mol. The second-order valence-electron chi connectivity index (χ2n) is 7.76. The topological polar surface area (TPSA) is 17.1 Å². The molecule has 0 aliphatic rings. The number of hydrogen-bond donors (Lipinski definition) is 0. The Morgan fingerprint density at radius 1 is 0.630 bits per heavy atom. The van der Waals surface area contributed by atoms with Gasteiger partial charge in [-0.15, -0.1) is 0 Å². The summed E-state index contributed by atoms with van der Waals surface area (Å²) in [7, 11) is 0. The van der Waals surface area contributed by atoms with Gasteiger partial charge in [0.05, 0.1) is 0 Å². The molecule has 0 heterocycles. The maximum absolute atomic E-state index is 11.4. The molecule has 0 aromatic heterocycles. The first-order valence-corrected chi connectivity index (χ1v) is 10.9. The van der Waals surface area contributed by atoms with Crippen LogP contribution in [0, 0.1) is 0 Å². The molecule has 0 bridgehead atoms. The fourth-order valence-electron chi connectivity index (χ4n) is 3.58. The van der Waals surface area contributed by atoms with Gasteiger partial charge < -0.3 is 0 Å². The Balaban J connectivity index is 1.63. The summed E-state index contributed by atoms with van der Waals surface area (Å²) in [4.78, 5) is 11.4.